The topological polar surface area (TPSA) is 204 Å². The van der Waals surface area contributed by atoms with Gasteiger partial charge in [-0.1, -0.05) is 49.3 Å². The molecule has 19 heteroatoms. The fourth-order valence-electron chi connectivity index (χ4n) is 9.12. The van der Waals surface area contributed by atoms with Crippen molar-refractivity contribution in [3.63, 3.8) is 0 Å². The second kappa shape index (κ2) is 16.8. The highest BCUT2D eigenvalue weighted by molar-refractivity contribution is 7.86. The summed E-state index contributed by atoms with van der Waals surface area (Å²) in [6.45, 7) is 1.40. The number of aromatic nitrogens is 2. The Balaban J connectivity index is 1.06. The number of quaternary nitrogens is 1. The molecule has 64 heavy (non-hydrogen) atoms. The van der Waals surface area contributed by atoms with Crippen LogP contribution in [0.1, 0.15) is 96.0 Å². The van der Waals surface area contributed by atoms with E-state index < -0.39 is 80.0 Å². The van der Waals surface area contributed by atoms with Gasteiger partial charge in [-0.2, -0.15) is 31.3 Å². The van der Waals surface area contributed by atoms with Gasteiger partial charge in [0.05, 0.1) is 12.1 Å². The molecule has 2 aliphatic heterocycles. The van der Waals surface area contributed by atoms with Crippen LogP contribution in [0.25, 0.3) is 33.5 Å². The van der Waals surface area contributed by atoms with E-state index >= 15 is 0 Å². The highest BCUT2D eigenvalue weighted by Crippen LogP contribution is 2.46. The van der Waals surface area contributed by atoms with Gasteiger partial charge in [0.1, 0.15) is 40.1 Å². The lowest BCUT2D eigenvalue weighted by atomic mass is 10.0. The van der Waals surface area contributed by atoms with E-state index in [0.717, 1.165) is 36.1 Å². The van der Waals surface area contributed by atoms with Crippen LogP contribution in [0, 0.1) is 5.92 Å². The third kappa shape index (κ3) is 8.67. The molecule has 4 aromatic rings. The van der Waals surface area contributed by atoms with Crippen LogP contribution in [-0.4, -0.2) is 88.2 Å². The van der Waals surface area contributed by atoms with Crippen LogP contribution in [0.15, 0.2) is 65.1 Å². The normalized spacial score (nSPS) is 26.9. The zero-order valence-electron chi connectivity index (χ0n) is 35.2. The molecule has 3 aliphatic carbocycles. The van der Waals surface area contributed by atoms with Gasteiger partial charge >= 0.3 is 28.2 Å². The van der Waals surface area contributed by atoms with Crippen LogP contribution >= 0.6 is 0 Å². The number of nitrogens with zero attached hydrogens (tertiary/aromatic N) is 3. The van der Waals surface area contributed by atoms with Crippen LogP contribution in [-0.2, 0) is 35.3 Å². The Labute approximate surface area is 366 Å². The van der Waals surface area contributed by atoms with Crippen molar-refractivity contribution in [2.45, 2.75) is 131 Å². The number of allylic oxidation sites excluding steroid dienone is 1. The number of nitrogens with two attached hydrogens (primary N) is 1. The highest BCUT2D eigenvalue weighted by Gasteiger charge is 2.66. The predicted octanol–water partition coefficient (Wildman–Crippen LogP) is 5.82. The molecule has 0 radical (unpaired) electrons. The van der Waals surface area contributed by atoms with Gasteiger partial charge in [0.15, 0.2) is 11.4 Å². The van der Waals surface area contributed by atoms with Crippen molar-refractivity contribution >= 4 is 55.9 Å². The summed E-state index contributed by atoms with van der Waals surface area (Å²) in [5, 5.41) is 6.24. The standard InChI is InChI=1S/C45H49F3N6O9S/c1-43(21-22-43)64(59,60)53-41(57)44-24-28(44)11-5-3-2-4-6-15-32(49-42(58)62-29-12-7-8-13-29)40(56)54-25-30(23-33(54)38(55)52-44)61-39-36-35(31-14-9-10-16-34(31)63-36)50-37(51-39)26-17-19-27(20-18-26)45(46,47)48/h5,9-11,14,16-20,28-30,32-33H,2-4,6-8,12-13,15,21-25H2,1H3,(H,49,58)(H,52,55)(H,53,57)/p+1/b11-5-/t28-,30-,32+,33+,44-/m1/s1. The van der Waals surface area contributed by atoms with Gasteiger partial charge in [0.2, 0.25) is 17.4 Å². The minimum absolute atomic E-state index is 0.0361. The molecule has 5 aliphatic rings. The third-order valence-corrected chi connectivity index (χ3v) is 15.7. The lowest BCUT2D eigenvalue weighted by Gasteiger charge is -2.29. The first-order valence-corrected chi connectivity index (χ1v) is 23.5. The number of alkyl halides is 3. The molecule has 340 valence electrons. The second-order valence-electron chi connectivity index (χ2n) is 18.0. The van der Waals surface area contributed by atoms with Gasteiger partial charge in [-0.15, -0.1) is 0 Å². The number of sulfonamides is 1. The summed E-state index contributed by atoms with van der Waals surface area (Å²) in [4.78, 5) is 67.4. The second-order valence-corrected chi connectivity index (χ2v) is 20.3. The van der Waals surface area contributed by atoms with Gasteiger partial charge in [0, 0.05) is 23.3 Å². The predicted molar refractivity (Wildman–Crippen MR) is 225 cm³/mol. The first kappa shape index (κ1) is 43.7. The molecule has 0 spiro atoms. The largest absolute Gasteiger partial charge is 0.470 e. The number of ether oxygens (including phenoxy) is 2. The number of primary sulfonamides is 1. The number of benzene rings is 2. The maximum absolute atomic E-state index is 14.8. The number of nitrogens with one attached hydrogen (secondary N) is 2. The minimum Gasteiger partial charge on any atom is -0.470 e. The van der Waals surface area contributed by atoms with Crippen LogP contribution < -0.4 is 20.1 Å². The maximum atomic E-state index is 14.8. The molecule has 4 amide bonds. The van der Waals surface area contributed by atoms with Crippen molar-refractivity contribution in [3.8, 4) is 17.3 Å². The quantitative estimate of drug-likeness (QED) is 0.180. The van der Waals surface area contributed by atoms with Crippen molar-refractivity contribution in [2.75, 3.05) is 6.54 Å². The Morgan fingerprint density at radius 1 is 0.969 bits per heavy atom. The zero-order valence-corrected chi connectivity index (χ0v) is 36.0. The number of primary amides is 1. The lowest BCUT2D eigenvalue weighted by molar-refractivity contribution is -0.418. The summed E-state index contributed by atoms with van der Waals surface area (Å²) < 4.78 is 85.2. The Morgan fingerprint density at radius 3 is 2.44 bits per heavy atom. The van der Waals surface area contributed by atoms with Crippen molar-refractivity contribution in [1.82, 2.24) is 25.5 Å². The summed E-state index contributed by atoms with van der Waals surface area (Å²) in [6.07, 6.45) is 4.32. The van der Waals surface area contributed by atoms with E-state index in [9.17, 15) is 40.8 Å². The molecule has 2 aromatic heterocycles. The van der Waals surface area contributed by atoms with E-state index in [4.69, 9.17) is 13.9 Å². The fourth-order valence-corrected chi connectivity index (χ4v) is 10.6. The van der Waals surface area contributed by atoms with Crippen LogP contribution in [0.2, 0.25) is 0 Å². The van der Waals surface area contributed by atoms with Gasteiger partial charge in [-0.05, 0) is 95.4 Å². The molecule has 0 bridgehead atoms. The summed E-state index contributed by atoms with van der Waals surface area (Å²) in [5.74, 6) is -2.57. The summed E-state index contributed by atoms with van der Waals surface area (Å²) in [7, 11) is -3.95. The van der Waals surface area contributed by atoms with Crippen LogP contribution in [0.5, 0.6) is 5.88 Å². The third-order valence-electron chi connectivity index (χ3n) is 13.4. The molecule has 9 rings (SSSR count). The molecule has 4 heterocycles. The molecule has 5 atom stereocenters. The molecule has 4 N–H and O–H groups in total. The number of hydrogen-bond acceptors (Lipinski definition) is 11. The summed E-state index contributed by atoms with van der Waals surface area (Å²) in [5.41, 5.74) is -1.27. The fraction of sp³-hybridized carbons (Fsp3) is 0.511. The van der Waals surface area contributed by atoms with Gasteiger partial charge in [-0.3, -0.25) is 9.59 Å². The number of para-hydroxylation sites is 1. The van der Waals surface area contributed by atoms with E-state index in [0.29, 0.717) is 61.4 Å². The van der Waals surface area contributed by atoms with E-state index in [1.165, 1.54) is 17.0 Å². The van der Waals surface area contributed by atoms with Crippen LogP contribution in [0.3, 0.4) is 0 Å². The Kier molecular flexibility index (Phi) is 11.4. The number of amides is 4. The van der Waals surface area contributed by atoms with Gasteiger partial charge in [-0.25, -0.2) is 14.6 Å². The Morgan fingerprint density at radius 2 is 1.70 bits per heavy atom. The SMILES string of the molecule is CC1(S(=O)(=O)[NH2+]C(=O)[C@@]23C[C@H]2/C=C\CCCCC[C@H](NC(=O)OC2CCCC2)C(=O)N2C[C@H](Oc4nc(-c5ccc(C(F)(F)F)cc5)nc5c4oc4ccccc45)C[C@H]2C(=O)N3)CC1. The van der Waals surface area contributed by atoms with E-state index in [1.54, 1.807) is 31.2 Å². The average molecular weight is 908 g/mol. The van der Waals surface area contributed by atoms with E-state index in [1.807, 2.05) is 12.2 Å². The number of carbonyl (C=O) groups excluding carboxylic acids is 4. The number of rotatable bonds is 8. The Hall–Kier alpha value is -5.56. The molecule has 3 saturated carbocycles. The monoisotopic (exact) mass is 907 g/mol. The van der Waals surface area contributed by atoms with Crippen molar-refractivity contribution in [1.29, 1.82) is 0 Å². The number of alkyl carbamates (subject to hydrolysis) is 1. The maximum Gasteiger partial charge on any atom is 0.416 e. The number of halogens is 3. The number of carbonyl (C=O) groups is 4. The molecule has 4 fully saturated rings. The van der Waals surface area contributed by atoms with E-state index in [2.05, 4.69) is 20.6 Å². The van der Waals surface area contributed by atoms with Crippen molar-refractivity contribution in [2.24, 2.45) is 5.92 Å². The van der Waals surface area contributed by atoms with Gasteiger partial charge in [0.25, 0.3) is 5.88 Å². The smallest absolute Gasteiger partial charge is 0.416 e. The number of hydrogen-bond donors (Lipinski definition) is 3. The van der Waals surface area contributed by atoms with Crippen molar-refractivity contribution in [3.05, 3.63) is 66.2 Å². The Bertz CT molecular complexity index is 2630. The van der Waals surface area contributed by atoms with E-state index in [-0.39, 0.29) is 54.8 Å². The minimum atomic E-state index is -4.57. The lowest BCUT2D eigenvalue weighted by Crippen LogP contribution is -2.96. The van der Waals surface area contributed by atoms with Crippen LogP contribution in [0.4, 0.5) is 18.0 Å². The molecule has 2 aromatic carbocycles. The first-order valence-electron chi connectivity index (χ1n) is 22.0. The molecule has 0 unspecified atom stereocenters. The number of fused-ring (bicyclic) bond motifs is 5. The first-order chi connectivity index (χ1) is 30.5. The highest BCUT2D eigenvalue weighted by atomic mass is 32.2. The number of furan rings is 1. The molecular formula is C45H50F3N6O9S+. The molecular weight excluding hydrogens is 858 g/mol. The zero-order chi connectivity index (χ0) is 45.0. The molecule has 15 nitrogen and oxygen atoms in total. The summed E-state index contributed by atoms with van der Waals surface area (Å²) >= 11 is 0. The summed E-state index contributed by atoms with van der Waals surface area (Å²) in [6, 6.07) is 9.02. The van der Waals surface area contributed by atoms with Gasteiger partial charge < -0.3 is 29.4 Å². The molecule has 1 saturated heterocycles. The van der Waals surface area contributed by atoms with Crippen molar-refractivity contribution < 1.29 is 59.4 Å². The average Bonchev–Trinajstić information content (AvgIpc) is 3.92.